The number of aromatic nitrogens is 3. The molecule has 1 saturated heterocycles. The van der Waals surface area contributed by atoms with Crippen molar-refractivity contribution in [2.45, 2.75) is 11.8 Å². The van der Waals surface area contributed by atoms with Crippen molar-refractivity contribution >= 4 is 17.7 Å². The van der Waals surface area contributed by atoms with Crippen molar-refractivity contribution < 1.29 is 9.53 Å². The minimum atomic E-state index is -0.425. The number of carbonyl (C=O) groups is 1. The Kier molecular flexibility index (Phi) is 3.75. The number of thioether (sulfide) groups is 1. The quantitative estimate of drug-likeness (QED) is 0.392. The van der Waals surface area contributed by atoms with Gasteiger partial charge in [-0.3, -0.25) is 14.9 Å². The van der Waals surface area contributed by atoms with Crippen molar-refractivity contribution in [2.75, 3.05) is 19.0 Å². The second-order valence-corrected chi connectivity index (χ2v) is 4.78. The number of nitrogen functional groups attached to an aromatic ring is 1. The first-order chi connectivity index (χ1) is 7.79. The standard InChI is InChI=1S/C8H13N5O2S/c9-10-8(14)7-3-13(12-11-7)1-2-16-6-4-15-5-6/h3,6H,1-2,4-5,9H2,(H,10,14). The highest BCUT2D eigenvalue weighted by Gasteiger charge is 2.18. The molecule has 1 aromatic heterocycles. The van der Waals surface area contributed by atoms with Crippen LogP contribution in [0, 0.1) is 0 Å². The minimum Gasteiger partial charge on any atom is -0.379 e. The summed E-state index contributed by atoms with van der Waals surface area (Å²) in [5.41, 5.74) is 2.25. The van der Waals surface area contributed by atoms with Gasteiger partial charge in [-0.05, 0) is 0 Å². The normalized spacial score (nSPS) is 15.8. The smallest absolute Gasteiger partial charge is 0.287 e. The summed E-state index contributed by atoms with van der Waals surface area (Å²) in [7, 11) is 0. The second kappa shape index (κ2) is 5.28. The van der Waals surface area contributed by atoms with E-state index in [2.05, 4.69) is 10.3 Å². The fourth-order valence-electron chi connectivity index (χ4n) is 1.21. The third-order valence-electron chi connectivity index (χ3n) is 2.18. The summed E-state index contributed by atoms with van der Waals surface area (Å²) >= 11 is 1.84. The summed E-state index contributed by atoms with van der Waals surface area (Å²) in [6.45, 7) is 2.40. The van der Waals surface area contributed by atoms with Gasteiger partial charge in [0.2, 0.25) is 0 Å². The van der Waals surface area contributed by atoms with Gasteiger partial charge in [-0.25, -0.2) is 5.84 Å². The number of carbonyl (C=O) groups excluding carboxylic acids is 1. The Bertz CT molecular complexity index is 365. The highest BCUT2D eigenvalue weighted by molar-refractivity contribution is 8.00. The molecule has 0 unspecified atom stereocenters. The van der Waals surface area contributed by atoms with E-state index < -0.39 is 5.91 Å². The number of hydrogen-bond donors (Lipinski definition) is 2. The highest BCUT2D eigenvalue weighted by atomic mass is 32.2. The molecular formula is C8H13N5O2S. The van der Waals surface area contributed by atoms with Crippen molar-refractivity contribution in [2.24, 2.45) is 5.84 Å². The van der Waals surface area contributed by atoms with E-state index in [1.165, 1.54) is 0 Å². The van der Waals surface area contributed by atoms with Crippen molar-refractivity contribution in [1.82, 2.24) is 20.4 Å². The predicted molar refractivity (Wildman–Crippen MR) is 58.7 cm³/mol. The zero-order valence-corrected chi connectivity index (χ0v) is 9.44. The number of aryl methyl sites for hydroxylation is 1. The number of hydrogen-bond acceptors (Lipinski definition) is 6. The van der Waals surface area contributed by atoms with Gasteiger partial charge in [0.15, 0.2) is 5.69 Å². The maximum absolute atomic E-state index is 11.1. The molecule has 0 aromatic carbocycles. The maximum Gasteiger partial charge on any atom is 0.287 e. The van der Waals surface area contributed by atoms with E-state index in [0.29, 0.717) is 5.25 Å². The van der Waals surface area contributed by atoms with Crippen LogP contribution in [0.15, 0.2) is 6.20 Å². The average molecular weight is 243 g/mol. The third-order valence-corrected chi connectivity index (χ3v) is 3.35. The van der Waals surface area contributed by atoms with E-state index >= 15 is 0 Å². The molecule has 1 fully saturated rings. The molecule has 0 aliphatic carbocycles. The summed E-state index contributed by atoms with van der Waals surface area (Å²) in [4.78, 5) is 11.1. The van der Waals surface area contributed by atoms with E-state index in [9.17, 15) is 4.79 Å². The molecule has 2 rings (SSSR count). The lowest BCUT2D eigenvalue weighted by Crippen LogP contribution is -2.30. The molecule has 88 valence electrons. The van der Waals surface area contributed by atoms with Gasteiger partial charge in [0.1, 0.15) is 0 Å². The summed E-state index contributed by atoms with van der Waals surface area (Å²) < 4.78 is 6.70. The van der Waals surface area contributed by atoms with Crippen LogP contribution in [0.5, 0.6) is 0 Å². The first-order valence-electron chi connectivity index (χ1n) is 4.90. The van der Waals surface area contributed by atoms with Gasteiger partial charge in [0.05, 0.1) is 31.2 Å². The number of nitrogens with zero attached hydrogens (tertiary/aromatic N) is 3. The van der Waals surface area contributed by atoms with Crippen LogP contribution in [0.1, 0.15) is 10.5 Å². The molecule has 0 atom stereocenters. The number of nitrogens with two attached hydrogens (primary N) is 1. The Morgan fingerprint density at radius 2 is 2.56 bits per heavy atom. The molecule has 2 heterocycles. The van der Waals surface area contributed by atoms with Gasteiger partial charge in [0, 0.05) is 5.75 Å². The number of nitrogens with one attached hydrogen (secondary N) is 1. The lowest BCUT2D eigenvalue weighted by atomic mass is 10.4. The monoisotopic (exact) mass is 243 g/mol. The third kappa shape index (κ3) is 2.71. The van der Waals surface area contributed by atoms with Gasteiger partial charge in [-0.1, -0.05) is 5.21 Å². The number of rotatable bonds is 5. The zero-order chi connectivity index (χ0) is 11.4. The second-order valence-electron chi connectivity index (χ2n) is 3.37. The molecule has 0 radical (unpaired) electrons. The average Bonchev–Trinajstić information content (AvgIpc) is 2.69. The van der Waals surface area contributed by atoms with Gasteiger partial charge in [0.25, 0.3) is 5.91 Å². The molecule has 1 amide bonds. The molecule has 16 heavy (non-hydrogen) atoms. The largest absolute Gasteiger partial charge is 0.379 e. The fraction of sp³-hybridized carbons (Fsp3) is 0.625. The molecular weight excluding hydrogens is 230 g/mol. The minimum absolute atomic E-state index is 0.236. The molecule has 8 heteroatoms. The Morgan fingerprint density at radius 1 is 1.75 bits per heavy atom. The summed E-state index contributed by atoms with van der Waals surface area (Å²) in [5, 5.41) is 8.14. The van der Waals surface area contributed by atoms with E-state index in [4.69, 9.17) is 10.6 Å². The van der Waals surface area contributed by atoms with Crippen LogP contribution in [-0.4, -0.2) is 45.1 Å². The van der Waals surface area contributed by atoms with Crippen LogP contribution in [0.25, 0.3) is 0 Å². The van der Waals surface area contributed by atoms with Crippen LogP contribution in [0.2, 0.25) is 0 Å². The van der Waals surface area contributed by atoms with Crippen LogP contribution < -0.4 is 11.3 Å². The van der Waals surface area contributed by atoms with Crippen molar-refractivity contribution in [3.8, 4) is 0 Å². The molecule has 1 aliphatic heterocycles. The number of hydrazine groups is 1. The molecule has 0 bridgehead atoms. The SMILES string of the molecule is NNC(=O)c1cn(CCSC2COC2)nn1. The molecule has 1 aromatic rings. The molecule has 3 N–H and O–H groups in total. The molecule has 7 nitrogen and oxygen atoms in total. The Hall–Kier alpha value is -1.12. The fourth-order valence-corrected chi connectivity index (χ4v) is 2.22. The number of amides is 1. The first-order valence-corrected chi connectivity index (χ1v) is 5.95. The van der Waals surface area contributed by atoms with Crippen LogP contribution in [-0.2, 0) is 11.3 Å². The van der Waals surface area contributed by atoms with Gasteiger partial charge < -0.3 is 4.74 Å². The van der Waals surface area contributed by atoms with Gasteiger partial charge in [-0.15, -0.1) is 5.10 Å². The van der Waals surface area contributed by atoms with Crippen molar-refractivity contribution in [1.29, 1.82) is 0 Å². The van der Waals surface area contributed by atoms with Crippen LogP contribution in [0.4, 0.5) is 0 Å². The van der Waals surface area contributed by atoms with E-state index in [1.54, 1.807) is 10.9 Å². The highest BCUT2D eigenvalue weighted by Crippen LogP contribution is 2.18. The summed E-state index contributed by atoms with van der Waals surface area (Å²) in [5.74, 6) is 5.49. The predicted octanol–water partition coefficient (Wildman–Crippen LogP) is -0.986. The van der Waals surface area contributed by atoms with Gasteiger partial charge in [-0.2, -0.15) is 11.8 Å². The lowest BCUT2D eigenvalue weighted by Gasteiger charge is -2.24. The van der Waals surface area contributed by atoms with Gasteiger partial charge >= 0.3 is 0 Å². The van der Waals surface area contributed by atoms with Crippen molar-refractivity contribution in [3.63, 3.8) is 0 Å². The molecule has 0 spiro atoms. The first kappa shape index (κ1) is 11.4. The summed E-state index contributed by atoms with van der Waals surface area (Å²) in [6.07, 6.45) is 1.58. The van der Waals surface area contributed by atoms with Crippen molar-refractivity contribution in [3.05, 3.63) is 11.9 Å². The Labute approximate surface area is 96.7 Å². The molecule has 0 saturated carbocycles. The summed E-state index contributed by atoms with van der Waals surface area (Å²) in [6, 6.07) is 0. The maximum atomic E-state index is 11.1. The van der Waals surface area contributed by atoms with Crippen LogP contribution in [0.3, 0.4) is 0 Å². The van der Waals surface area contributed by atoms with E-state index in [1.807, 2.05) is 17.2 Å². The Balaban J connectivity index is 1.76. The van der Waals surface area contributed by atoms with Crippen LogP contribution >= 0.6 is 11.8 Å². The zero-order valence-electron chi connectivity index (χ0n) is 8.63. The van der Waals surface area contributed by atoms with E-state index in [0.717, 1.165) is 25.5 Å². The Morgan fingerprint density at radius 3 is 3.19 bits per heavy atom. The number of ether oxygens (including phenoxy) is 1. The lowest BCUT2D eigenvalue weighted by molar-refractivity contribution is 0.0455. The molecule has 1 aliphatic rings. The topological polar surface area (TPSA) is 95.1 Å². The van der Waals surface area contributed by atoms with E-state index in [-0.39, 0.29) is 5.69 Å².